The summed E-state index contributed by atoms with van der Waals surface area (Å²) >= 11 is 12.2. The second kappa shape index (κ2) is 7.13. The number of hydrogen-bond acceptors (Lipinski definition) is 3. The van der Waals surface area contributed by atoms with Gasteiger partial charge in [0.25, 0.3) is 5.91 Å². The minimum absolute atomic E-state index is 0.220. The molecule has 3 aromatic rings. The summed E-state index contributed by atoms with van der Waals surface area (Å²) in [7, 11) is 1.81. The highest BCUT2D eigenvalue weighted by Crippen LogP contribution is 2.23. The number of hydrogen-bond donors (Lipinski definition) is 1. The van der Waals surface area contributed by atoms with E-state index in [9.17, 15) is 4.79 Å². The van der Waals surface area contributed by atoms with Crippen LogP contribution in [0.25, 0.3) is 0 Å². The van der Waals surface area contributed by atoms with Gasteiger partial charge >= 0.3 is 0 Å². The van der Waals surface area contributed by atoms with Gasteiger partial charge in [0, 0.05) is 34.5 Å². The van der Waals surface area contributed by atoms with Gasteiger partial charge in [-0.2, -0.15) is 10.2 Å². The number of nitrogens with one attached hydrogen (secondary N) is 1. The molecule has 0 fully saturated rings. The minimum atomic E-state index is -0.220. The zero-order valence-electron chi connectivity index (χ0n) is 15.0. The van der Waals surface area contributed by atoms with E-state index >= 15 is 0 Å². The summed E-state index contributed by atoms with van der Waals surface area (Å²) in [5.41, 5.74) is 3.88. The molecule has 1 N–H and O–H groups in total. The first-order valence-corrected chi connectivity index (χ1v) is 8.81. The van der Waals surface area contributed by atoms with Crippen molar-refractivity contribution >= 4 is 34.9 Å². The molecule has 0 aliphatic carbocycles. The van der Waals surface area contributed by atoms with E-state index in [4.69, 9.17) is 23.2 Å². The molecule has 0 aliphatic rings. The summed E-state index contributed by atoms with van der Waals surface area (Å²) in [5, 5.41) is 12.8. The van der Waals surface area contributed by atoms with Crippen LogP contribution < -0.4 is 5.32 Å². The summed E-state index contributed by atoms with van der Waals surface area (Å²) in [6.07, 6.45) is 0. The molecule has 0 unspecified atom stereocenters. The molecule has 0 saturated carbocycles. The lowest BCUT2D eigenvalue weighted by Gasteiger charge is -2.07. The third-order valence-corrected chi connectivity index (χ3v) is 4.88. The third kappa shape index (κ3) is 3.61. The number of carbonyl (C=O) groups is 1. The highest BCUT2D eigenvalue weighted by molar-refractivity contribution is 6.35. The van der Waals surface area contributed by atoms with Crippen LogP contribution in [0.5, 0.6) is 0 Å². The summed E-state index contributed by atoms with van der Waals surface area (Å²) < 4.78 is 3.48. The topological polar surface area (TPSA) is 64.7 Å². The SMILES string of the molecule is Cc1nn(C)c(C)c1C(=O)Nc1cc(C)n(Cc2ccc(Cl)cc2Cl)n1. The van der Waals surface area contributed by atoms with Gasteiger partial charge in [-0.3, -0.25) is 14.2 Å². The number of halogens is 2. The lowest BCUT2D eigenvalue weighted by atomic mass is 10.2. The van der Waals surface area contributed by atoms with Crippen molar-refractivity contribution in [3.8, 4) is 0 Å². The molecule has 0 saturated heterocycles. The Morgan fingerprint density at radius 3 is 2.50 bits per heavy atom. The molecular weight excluding hydrogens is 373 g/mol. The van der Waals surface area contributed by atoms with E-state index in [2.05, 4.69) is 15.5 Å². The molecule has 0 spiro atoms. The normalized spacial score (nSPS) is 11.0. The van der Waals surface area contributed by atoms with Gasteiger partial charge in [-0.1, -0.05) is 29.3 Å². The molecule has 6 nitrogen and oxygen atoms in total. The molecule has 8 heteroatoms. The third-order valence-electron chi connectivity index (χ3n) is 4.29. The van der Waals surface area contributed by atoms with Crippen LogP contribution in [0.3, 0.4) is 0 Å². The van der Waals surface area contributed by atoms with E-state index in [0.717, 1.165) is 17.0 Å². The predicted molar refractivity (Wildman–Crippen MR) is 103 cm³/mol. The van der Waals surface area contributed by atoms with Gasteiger partial charge in [0.2, 0.25) is 0 Å². The second-order valence-electron chi connectivity index (χ2n) is 6.19. The van der Waals surface area contributed by atoms with Crippen LogP contribution in [0.1, 0.15) is 33.0 Å². The number of amides is 1. The molecule has 2 aromatic heterocycles. The highest BCUT2D eigenvalue weighted by Gasteiger charge is 2.18. The quantitative estimate of drug-likeness (QED) is 0.726. The van der Waals surface area contributed by atoms with Crippen LogP contribution in [0.4, 0.5) is 5.82 Å². The highest BCUT2D eigenvalue weighted by atomic mass is 35.5. The molecule has 3 rings (SSSR count). The van der Waals surface area contributed by atoms with Crippen molar-refractivity contribution in [1.82, 2.24) is 19.6 Å². The lowest BCUT2D eigenvalue weighted by Crippen LogP contribution is -2.15. The van der Waals surface area contributed by atoms with Gasteiger partial charge in [0.1, 0.15) is 0 Å². The molecule has 1 amide bonds. The second-order valence-corrected chi connectivity index (χ2v) is 7.03. The Kier molecular flexibility index (Phi) is 5.07. The first-order valence-electron chi connectivity index (χ1n) is 8.06. The number of rotatable bonds is 4. The number of anilines is 1. The average molecular weight is 392 g/mol. The van der Waals surface area contributed by atoms with Crippen LogP contribution in [0.2, 0.25) is 10.0 Å². The summed E-state index contributed by atoms with van der Waals surface area (Å²) in [5.74, 6) is 0.266. The first-order chi connectivity index (χ1) is 12.3. The van der Waals surface area contributed by atoms with Gasteiger partial charge in [0.05, 0.1) is 17.8 Å². The Hall–Kier alpha value is -2.31. The molecule has 0 bridgehead atoms. The minimum Gasteiger partial charge on any atom is -0.305 e. The maximum absolute atomic E-state index is 12.6. The maximum atomic E-state index is 12.6. The van der Waals surface area contributed by atoms with Crippen molar-refractivity contribution in [3.05, 3.63) is 62.5 Å². The summed E-state index contributed by atoms with van der Waals surface area (Å²) in [6.45, 7) is 6.09. The van der Waals surface area contributed by atoms with E-state index in [1.165, 1.54) is 0 Å². The van der Waals surface area contributed by atoms with Crippen LogP contribution in [0.15, 0.2) is 24.3 Å². The molecular formula is C18H19Cl2N5O. The Morgan fingerprint density at radius 1 is 1.15 bits per heavy atom. The van der Waals surface area contributed by atoms with E-state index in [-0.39, 0.29) is 5.91 Å². The van der Waals surface area contributed by atoms with Crippen LogP contribution in [0, 0.1) is 20.8 Å². The van der Waals surface area contributed by atoms with E-state index in [1.54, 1.807) is 21.5 Å². The molecule has 2 heterocycles. The standard InChI is InChI=1S/C18H19Cl2N5O/c1-10-7-16(21-18(26)17-11(2)22-24(4)12(17)3)23-25(10)9-13-5-6-14(19)8-15(13)20/h5-8H,9H2,1-4H3,(H,21,23,26). The summed E-state index contributed by atoms with van der Waals surface area (Å²) in [6, 6.07) is 7.18. The largest absolute Gasteiger partial charge is 0.305 e. The van der Waals surface area contributed by atoms with Gasteiger partial charge in [-0.25, -0.2) is 0 Å². The average Bonchev–Trinajstić information content (AvgIpc) is 3.01. The van der Waals surface area contributed by atoms with Crippen molar-refractivity contribution in [2.75, 3.05) is 5.32 Å². The number of carbonyl (C=O) groups excluding carboxylic acids is 1. The molecule has 0 atom stereocenters. The fourth-order valence-electron chi connectivity index (χ4n) is 2.82. The van der Waals surface area contributed by atoms with Crippen molar-refractivity contribution in [3.63, 3.8) is 0 Å². The van der Waals surface area contributed by atoms with Crippen molar-refractivity contribution < 1.29 is 4.79 Å². The molecule has 0 radical (unpaired) electrons. The van der Waals surface area contributed by atoms with Gasteiger partial charge in [0.15, 0.2) is 5.82 Å². The van der Waals surface area contributed by atoms with Crippen molar-refractivity contribution in [2.45, 2.75) is 27.3 Å². The van der Waals surface area contributed by atoms with Crippen LogP contribution in [-0.2, 0) is 13.6 Å². The predicted octanol–water partition coefficient (Wildman–Crippen LogP) is 4.15. The fourth-order valence-corrected chi connectivity index (χ4v) is 3.29. The lowest BCUT2D eigenvalue weighted by molar-refractivity contribution is 0.102. The Balaban J connectivity index is 1.81. The number of nitrogens with zero attached hydrogens (tertiary/aromatic N) is 4. The number of aryl methyl sites for hydroxylation is 3. The Labute approximate surface area is 161 Å². The number of benzene rings is 1. The first kappa shape index (κ1) is 18.5. The van der Waals surface area contributed by atoms with E-state index in [1.807, 2.05) is 40.0 Å². The van der Waals surface area contributed by atoms with E-state index < -0.39 is 0 Å². The van der Waals surface area contributed by atoms with Crippen LogP contribution >= 0.6 is 23.2 Å². The van der Waals surface area contributed by atoms with Crippen molar-refractivity contribution in [2.24, 2.45) is 7.05 Å². The fraction of sp³-hybridized carbons (Fsp3) is 0.278. The van der Waals surface area contributed by atoms with Crippen LogP contribution in [-0.4, -0.2) is 25.5 Å². The number of aromatic nitrogens is 4. The smallest absolute Gasteiger partial charge is 0.260 e. The van der Waals surface area contributed by atoms with Gasteiger partial charge in [-0.15, -0.1) is 0 Å². The summed E-state index contributed by atoms with van der Waals surface area (Å²) in [4.78, 5) is 12.6. The maximum Gasteiger partial charge on any atom is 0.260 e. The molecule has 0 aliphatic heterocycles. The molecule has 26 heavy (non-hydrogen) atoms. The van der Waals surface area contributed by atoms with E-state index in [0.29, 0.717) is 33.7 Å². The Bertz CT molecular complexity index is 990. The Morgan fingerprint density at radius 2 is 1.88 bits per heavy atom. The van der Waals surface area contributed by atoms with Crippen molar-refractivity contribution in [1.29, 1.82) is 0 Å². The zero-order chi connectivity index (χ0) is 19.0. The monoisotopic (exact) mass is 391 g/mol. The molecule has 1 aromatic carbocycles. The van der Waals surface area contributed by atoms with Gasteiger partial charge < -0.3 is 5.32 Å². The van der Waals surface area contributed by atoms with Gasteiger partial charge in [-0.05, 0) is 38.5 Å². The molecule has 136 valence electrons. The zero-order valence-corrected chi connectivity index (χ0v) is 16.5.